The van der Waals surface area contributed by atoms with Crippen LogP contribution in [0.3, 0.4) is 0 Å². The zero-order chi connectivity index (χ0) is 13.8. The van der Waals surface area contributed by atoms with Crippen LogP contribution in [0, 0.1) is 0 Å². The second-order valence-corrected chi connectivity index (χ2v) is 5.19. The first-order chi connectivity index (χ1) is 8.38. The maximum Gasteiger partial charge on any atom is 0.325 e. The first kappa shape index (κ1) is 14.5. The van der Waals surface area contributed by atoms with Crippen molar-refractivity contribution in [2.45, 2.75) is 11.8 Å². The topological polar surface area (TPSA) is 89.7 Å². The van der Waals surface area contributed by atoms with E-state index < -0.39 is 10.0 Å². The number of rotatable bonds is 5. The average molecular weight is 272 g/mol. The molecule has 0 bridgehead atoms. The Hall–Kier alpha value is -1.60. The fourth-order valence-electron chi connectivity index (χ4n) is 1.45. The third-order valence-corrected chi connectivity index (χ3v) is 3.39. The summed E-state index contributed by atoms with van der Waals surface area (Å²) in [7, 11) is -2.37. The number of sulfonamides is 1. The van der Waals surface area contributed by atoms with Gasteiger partial charge in [-0.3, -0.25) is 4.79 Å². The van der Waals surface area contributed by atoms with Crippen LogP contribution < -0.4 is 10.0 Å². The number of ether oxygens (including phenoxy) is 1. The highest BCUT2D eigenvalue weighted by molar-refractivity contribution is 7.89. The molecule has 1 aromatic carbocycles. The van der Waals surface area contributed by atoms with Gasteiger partial charge in [0.05, 0.1) is 12.0 Å². The van der Waals surface area contributed by atoms with E-state index in [1.165, 1.54) is 19.2 Å². The van der Waals surface area contributed by atoms with Crippen LogP contribution in [0.15, 0.2) is 29.2 Å². The fourth-order valence-corrected chi connectivity index (χ4v) is 1.97. The lowest BCUT2D eigenvalue weighted by atomic mass is 10.3. The van der Waals surface area contributed by atoms with Gasteiger partial charge in [0.2, 0.25) is 10.0 Å². The Kier molecular flexibility index (Phi) is 4.69. The fraction of sp³-hybridized carbons (Fsp3) is 0.364. The van der Waals surface area contributed by atoms with E-state index in [9.17, 15) is 13.2 Å². The molecule has 0 aliphatic rings. The molecule has 6 nitrogen and oxygen atoms in total. The molecule has 7 heteroatoms. The van der Waals surface area contributed by atoms with Crippen LogP contribution >= 0.6 is 0 Å². The lowest BCUT2D eigenvalue weighted by molar-refractivity contribution is -0.138. The Bertz CT molecular complexity index is 510. The van der Waals surface area contributed by atoms with Crippen molar-refractivity contribution in [2.24, 2.45) is 5.14 Å². The van der Waals surface area contributed by atoms with Crippen molar-refractivity contribution in [1.29, 1.82) is 0 Å². The molecule has 0 unspecified atom stereocenters. The molecule has 18 heavy (non-hydrogen) atoms. The number of anilines is 1. The number of nitrogens with two attached hydrogens (primary N) is 1. The number of carbonyl (C=O) groups is 1. The predicted molar refractivity (Wildman–Crippen MR) is 67.7 cm³/mol. The minimum atomic E-state index is -3.69. The first-order valence-electron chi connectivity index (χ1n) is 5.33. The molecule has 0 aliphatic heterocycles. The van der Waals surface area contributed by atoms with Crippen molar-refractivity contribution in [3.63, 3.8) is 0 Å². The van der Waals surface area contributed by atoms with E-state index in [-0.39, 0.29) is 17.4 Å². The maximum absolute atomic E-state index is 11.2. The van der Waals surface area contributed by atoms with Gasteiger partial charge in [0.15, 0.2) is 0 Å². The Morgan fingerprint density at radius 1 is 1.33 bits per heavy atom. The Morgan fingerprint density at radius 3 is 2.28 bits per heavy atom. The molecule has 0 radical (unpaired) electrons. The molecule has 1 rings (SSSR count). The van der Waals surface area contributed by atoms with Gasteiger partial charge in [0.25, 0.3) is 0 Å². The van der Waals surface area contributed by atoms with E-state index in [0.29, 0.717) is 6.54 Å². The summed E-state index contributed by atoms with van der Waals surface area (Å²) >= 11 is 0. The monoisotopic (exact) mass is 272 g/mol. The summed E-state index contributed by atoms with van der Waals surface area (Å²) in [5, 5.41) is 5.00. The number of nitrogens with zero attached hydrogens (tertiary/aromatic N) is 1. The molecule has 0 saturated carbocycles. The van der Waals surface area contributed by atoms with Crippen molar-refractivity contribution in [3.8, 4) is 0 Å². The summed E-state index contributed by atoms with van der Waals surface area (Å²) in [4.78, 5) is 13.0. The molecule has 0 spiro atoms. The minimum absolute atomic E-state index is 0.0420. The van der Waals surface area contributed by atoms with E-state index in [4.69, 9.17) is 5.14 Å². The third-order valence-electron chi connectivity index (χ3n) is 2.46. The summed E-state index contributed by atoms with van der Waals surface area (Å²) in [5.41, 5.74) is 0.732. The Balaban J connectivity index is 2.92. The van der Waals surface area contributed by atoms with Crippen LogP contribution in [0.2, 0.25) is 0 Å². The van der Waals surface area contributed by atoms with Gasteiger partial charge in [-0.2, -0.15) is 0 Å². The average Bonchev–Trinajstić information content (AvgIpc) is 2.34. The van der Waals surface area contributed by atoms with Crippen molar-refractivity contribution < 1.29 is 17.9 Å². The highest BCUT2D eigenvalue weighted by atomic mass is 32.2. The summed E-state index contributed by atoms with van der Waals surface area (Å²) < 4.78 is 26.8. The van der Waals surface area contributed by atoms with Gasteiger partial charge in [-0.15, -0.1) is 0 Å². The molecule has 100 valence electrons. The number of likely N-dealkylation sites (N-methyl/N-ethyl adjacent to an activating group) is 1. The number of primary sulfonamides is 1. The largest absolute Gasteiger partial charge is 0.468 e. The lowest BCUT2D eigenvalue weighted by Gasteiger charge is -2.21. The van der Waals surface area contributed by atoms with E-state index in [1.54, 1.807) is 17.0 Å². The smallest absolute Gasteiger partial charge is 0.325 e. The van der Waals surface area contributed by atoms with Gasteiger partial charge < -0.3 is 9.64 Å². The second-order valence-electron chi connectivity index (χ2n) is 3.63. The SMILES string of the molecule is CCN(CC(=O)OC)c1ccc(S(N)(=O)=O)cc1. The van der Waals surface area contributed by atoms with Gasteiger partial charge in [0, 0.05) is 12.2 Å². The van der Waals surface area contributed by atoms with Crippen LogP contribution in [-0.2, 0) is 19.6 Å². The summed E-state index contributed by atoms with van der Waals surface area (Å²) in [6.45, 7) is 2.60. The molecule has 1 aromatic rings. The molecule has 0 atom stereocenters. The number of methoxy groups -OCH3 is 1. The number of hydrogen-bond acceptors (Lipinski definition) is 5. The number of carbonyl (C=O) groups excluding carboxylic acids is 1. The third kappa shape index (κ3) is 3.71. The molecule has 0 amide bonds. The van der Waals surface area contributed by atoms with Crippen LogP contribution in [0.5, 0.6) is 0 Å². The normalized spacial score (nSPS) is 11.1. The van der Waals surface area contributed by atoms with Crippen molar-refractivity contribution >= 4 is 21.7 Å². The summed E-state index contributed by atoms with van der Waals surface area (Å²) in [5.74, 6) is -0.354. The summed E-state index contributed by atoms with van der Waals surface area (Å²) in [6, 6.07) is 6.02. The zero-order valence-electron chi connectivity index (χ0n) is 10.3. The molecule has 0 aliphatic carbocycles. The van der Waals surface area contributed by atoms with Crippen LogP contribution in [0.1, 0.15) is 6.92 Å². The van der Waals surface area contributed by atoms with E-state index in [2.05, 4.69) is 4.74 Å². The highest BCUT2D eigenvalue weighted by Crippen LogP contribution is 2.17. The minimum Gasteiger partial charge on any atom is -0.468 e. The van der Waals surface area contributed by atoms with Crippen molar-refractivity contribution in [3.05, 3.63) is 24.3 Å². The van der Waals surface area contributed by atoms with Crippen molar-refractivity contribution in [2.75, 3.05) is 25.1 Å². The maximum atomic E-state index is 11.2. The number of esters is 1. The first-order valence-corrected chi connectivity index (χ1v) is 6.87. The van der Waals surface area contributed by atoms with Crippen LogP contribution in [0.25, 0.3) is 0 Å². The van der Waals surface area contributed by atoms with E-state index in [0.717, 1.165) is 5.69 Å². The molecule has 2 N–H and O–H groups in total. The number of hydrogen-bond donors (Lipinski definition) is 1. The highest BCUT2D eigenvalue weighted by Gasteiger charge is 2.12. The van der Waals surface area contributed by atoms with E-state index in [1.807, 2.05) is 6.92 Å². The molecule has 0 fully saturated rings. The van der Waals surface area contributed by atoms with Gasteiger partial charge >= 0.3 is 5.97 Å². The summed E-state index contributed by atoms with van der Waals surface area (Å²) in [6.07, 6.45) is 0. The van der Waals surface area contributed by atoms with Gasteiger partial charge in [-0.05, 0) is 31.2 Å². The van der Waals surface area contributed by atoms with E-state index >= 15 is 0 Å². The van der Waals surface area contributed by atoms with Crippen LogP contribution in [0.4, 0.5) is 5.69 Å². The zero-order valence-corrected chi connectivity index (χ0v) is 11.1. The molecule has 0 aromatic heterocycles. The van der Waals surface area contributed by atoms with Gasteiger partial charge in [0.1, 0.15) is 6.54 Å². The Morgan fingerprint density at radius 2 is 1.89 bits per heavy atom. The lowest BCUT2D eigenvalue weighted by Crippen LogP contribution is -2.30. The van der Waals surface area contributed by atoms with Gasteiger partial charge in [-0.25, -0.2) is 13.6 Å². The molecular formula is C11H16N2O4S. The second kappa shape index (κ2) is 5.83. The molecular weight excluding hydrogens is 256 g/mol. The Labute approximate surface area is 106 Å². The predicted octanol–water partition coefficient (Wildman–Crippen LogP) is 0.333. The quantitative estimate of drug-likeness (QED) is 0.780. The number of benzene rings is 1. The van der Waals surface area contributed by atoms with Crippen LogP contribution in [-0.4, -0.2) is 34.6 Å². The molecule has 0 saturated heterocycles. The molecule has 0 heterocycles. The standard InChI is InChI=1S/C11H16N2O4S/c1-3-13(8-11(14)17-2)9-4-6-10(7-5-9)18(12,15)16/h4-7H,3,8H2,1-2H3,(H2,12,15,16). The van der Waals surface area contributed by atoms with Gasteiger partial charge in [-0.1, -0.05) is 0 Å². The van der Waals surface area contributed by atoms with Crippen molar-refractivity contribution in [1.82, 2.24) is 0 Å².